The highest BCUT2D eigenvalue weighted by Gasteiger charge is 2.12. The molecule has 0 atom stereocenters. The SMILES string of the molecule is CCOC(=O)NCCc1csc2nc(-c3ccccc3C)nn12. The third kappa shape index (κ3) is 3.34. The number of aryl methyl sites for hydroxylation is 1. The fourth-order valence-electron chi connectivity index (χ4n) is 2.31. The summed E-state index contributed by atoms with van der Waals surface area (Å²) < 4.78 is 6.69. The van der Waals surface area contributed by atoms with E-state index < -0.39 is 6.09 Å². The molecule has 23 heavy (non-hydrogen) atoms. The van der Waals surface area contributed by atoms with Gasteiger partial charge in [-0.15, -0.1) is 16.4 Å². The number of carbonyl (C=O) groups is 1. The van der Waals surface area contributed by atoms with Gasteiger partial charge in [0.1, 0.15) is 0 Å². The zero-order valence-electron chi connectivity index (χ0n) is 13.1. The van der Waals surface area contributed by atoms with Crippen LogP contribution in [0.2, 0.25) is 0 Å². The molecule has 2 aromatic heterocycles. The van der Waals surface area contributed by atoms with E-state index in [1.54, 1.807) is 18.3 Å². The minimum atomic E-state index is -0.391. The van der Waals surface area contributed by atoms with E-state index in [1.165, 1.54) is 0 Å². The number of benzene rings is 1. The van der Waals surface area contributed by atoms with Crippen molar-refractivity contribution in [2.45, 2.75) is 20.3 Å². The number of aromatic nitrogens is 3. The summed E-state index contributed by atoms with van der Waals surface area (Å²) in [5.41, 5.74) is 3.21. The van der Waals surface area contributed by atoms with E-state index in [4.69, 9.17) is 4.74 Å². The predicted molar refractivity (Wildman–Crippen MR) is 89.8 cm³/mol. The molecule has 3 aromatic rings. The van der Waals surface area contributed by atoms with E-state index in [0.29, 0.717) is 19.6 Å². The van der Waals surface area contributed by atoms with Crippen molar-refractivity contribution in [3.8, 4) is 11.4 Å². The van der Waals surface area contributed by atoms with Crippen LogP contribution in [0.5, 0.6) is 0 Å². The minimum absolute atomic E-state index is 0.372. The molecular weight excluding hydrogens is 312 g/mol. The van der Waals surface area contributed by atoms with Crippen molar-refractivity contribution in [2.24, 2.45) is 0 Å². The fraction of sp³-hybridized carbons (Fsp3) is 0.312. The standard InChI is InChI=1S/C16H18N4O2S/c1-3-22-16(21)17-9-8-12-10-23-15-18-14(19-20(12)15)13-7-5-4-6-11(13)2/h4-7,10H,3,8-9H2,1-2H3,(H,17,21). The number of ether oxygens (including phenoxy) is 1. The van der Waals surface area contributed by atoms with E-state index in [2.05, 4.69) is 28.4 Å². The van der Waals surface area contributed by atoms with E-state index in [-0.39, 0.29) is 0 Å². The minimum Gasteiger partial charge on any atom is -0.450 e. The lowest BCUT2D eigenvalue weighted by atomic mass is 10.1. The Kier molecular flexibility index (Phi) is 4.57. The topological polar surface area (TPSA) is 68.5 Å². The highest BCUT2D eigenvalue weighted by atomic mass is 32.1. The number of carbonyl (C=O) groups excluding carboxylic acids is 1. The molecule has 0 aliphatic carbocycles. The second kappa shape index (κ2) is 6.78. The summed E-state index contributed by atoms with van der Waals surface area (Å²) in [6.45, 7) is 4.71. The molecule has 0 aliphatic rings. The Bertz CT molecular complexity index is 824. The smallest absolute Gasteiger partial charge is 0.407 e. The molecule has 6 nitrogen and oxygen atoms in total. The first kappa shape index (κ1) is 15.5. The van der Waals surface area contributed by atoms with Gasteiger partial charge in [0.2, 0.25) is 4.96 Å². The first-order valence-corrected chi connectivity index (χ1v) is 8.36. The molecule has 7 heteroatoms. The summed E-state index contributed by atoms with van der Waals surface area (Å²) in [6, 6.07) is 8.07. The third-order valence-electron chi connectivity index (χ3n) is 3.46. The van der Waals surface area contributed by atoms with Crippen LogP contribution in [0.15, 0.2) is 29.6 Å². The van der Waals surface area contributed by atoms with Crippen LogP contribution in [0.4, 0.5) is 4.79 Å². The number of nitrogens with zero attached hydrogens (tertiary/aromatic N) is 3. The molecule has 2 heterocycles. The summed E-state index contributed by atoms with van der Waals surface area (Å²) in [7, 11) is 0. The normalized spacial score (nSPS) is 10.9. The molecule has 0 radical (unpaired) electrons. The molecule has 0 spiro atoms. The molecule has 0 unspecified atom stereocenters. The number of thiazole rings is 1. The van der Waals surface area contributed by atoms with Gasteiger partial charge in [-0.1, -0.05) is 24.3 Å². The van der Waals surface area contributed by atoms with Crippen LogP contribution in [0.1, 0.15) is 18.2 Å². The third-order valence-corrected chi connectivity index (χ3v) is 4.33. The van der Waals surface area contributed by atoms with Crippen molar-refractivity contribution in [1.29, 1.82) is 0 Å². The molecule has 0 fully saturated rings. The lowest BCUT2D eigenvalue weighted by molar-refractivity contribution is 0.152. The van der Waals surface area contributed by atoms with Crippen LogP contribution in [-0.2, 0) is 11.2 Å². The van der Waals surface area contributed by atoms with Crippen LogP contribution >= 0.6 is 11.3 Å². The number of rotatable bonds is 5. The highest BCUT2D eigenvalue weighted by molar-refractivity contribution is 7.15. The summed E-state index contributed by atoms with van der Waals surface area (Å²) in [6.07, 6.45) is 0.285. The maximum absolute atomic E-state index is 11.3. The molecule has 0 bridgehead atoms. The molecule has 0 saturated heterocycles. The average molecular weight is 330 g/mol. The molecule has 0 aliphatic heterocycles. The highest BCUT2D eigenvalue weighted by Crippen LogP contribution is 2.23. The molecule has 120 valence electrons. The van der Waals surface area contributed by atoms with Crippen molar-refractivity contribution >= 4 is 22.4 Å². The Labute approximate surface area is 138 Å². The zero-order valence-corrected chi connectivity index (χ0v) is 13.9. The van der Waals surface area contributed by atoms with Gasteiger partial charge < -0.3 is 10.1 Å². The largest absolute Gasteiger partial charge is 0.450 e. The first-order chi connectivity index (χ1) is 11.2. The van der Waals surface area contributed by atoms with Gasteiger partial charge in [0.05, 0.1) is 12.3 Å². The number of nitrogens with one attached hydrogen (secondary N) is 1. The summed E-state index contributed by atoms with van der Waals surface area (Å²) in [5.74, 6) is 0.731. The fourth-order valence-corrected chi connectivity index (χ4v) is 3.17. The average Bonchev–Trinajstić information content (AvgIpc) is 3.10. The number of hydrogen-bond acceptors (Lipinski definition) is 5. The van der Waals surface area contributed by atoms with Crippen molar-refractivity contribution in [2.75, 3.05) is 13.2 Å². The van der Waals surface area contributed by atoms with E-state index >= 15 is 0 Å². The maximum atomic E-state index is 11.3. The molecular formula is C16H18N4O2S. The maximum Gasteiger partial charge on any atom is 0.407 e. The summed E-state index contributed by atoms with van der Waals surface area (Å²) >= 11 is 1.55. The second-order valence-electron chi connectivity index (χ2n) is 5.07. The first-order valence-electron chi connectivity index (χ1n) is 7.49. The van der Waals surface area contributed by atoms with Gasteiger partial charge in [-0.25, -0.2) is 9.31 Å². The Hall–Kier alpha value is -2.41. The van der Waals surface area contributed by atoms with Crippen LogP contribution in [0.25, 0.3) is 16.3 Å². The quantitative estimate of drug-likeness (QED) is 0.781. The van der Waals surface area contributed by atoms with Crippen LogP contribution < -0.4 is 5.32 Å². The number of hydrogen-bond donors (Lipinski definition) is 1. The zero-order chi connectivity index (χ0) is 16.2. The lowest BCUT2D eigenvalue weighted by Gasteiger charge is -2.04. The number of alkyl carbamates (subject to hydrolysis) is 1. The Morgan fingerprint density at radius 1 is 1.39 bits per heavy atom. The molecule has 1 aromatic carbocycles. The van der Waals surface area contributed by atoms with Crippen LogP contribution in [0.3, 0.4) is 0 Å². The molecule has 3 rings (SSSR count). The van der Waals surface area contributed by atoms with E-state index in [1.807, 2.05) is 28.1 Å². The van der Waals surface area contributed by atoms with Gasteiger partial charge >= 0.3 is 6.09 Å². The van der Waals surface area contributed by atoms with Crippen molar-refractivity contribution in [3.63, 3.8) is 0 Å². The van der Waals surface area contributed by atoms with Gasteiger partial charge in [-0.2, -0.15) is 4.98 Å². The monoisotopic (exact) mass is 330 g/mol. The van der Waals surface area contributed by atoms with Crippen LogP contribution in [0, 0.1) is 6.92 Å². The van der Waals surface area contributed by atoms with Crippen molar-refractivity contribution in [1.82, 2.24) is 19.9 Å². The van der Waals surface area contributed by atoms with E-state index in [0.717, 1.165) is 27.6 Å². The predicted octanol–water partition coefficient (Wildman–Crippen LogP) is 3.05. The molecule has 1 amide bonds. The molecule has 0 saturated carbocycles. The Morgan fingerprint density at radius 3 is 3.00 bits per heavy atom. The van der Waals surface area contributed by atoms with Crippen molar-refractivity contribution in [3.05, 3.63) is 40.9 Å². The summed E-state index contributed by atoms with van der Waals surface area (Å²) in [5, 5.41) is 9.34. The number of amides is 1. The Morgan fingerprint density at radius 2 is 2.22 bits per heavy atom. The Balaban J connectivity index is 1.76. The van der Waals surface area contributed by atoms with Crippen molar-refractivity contribution < 1.29 is 9.53 Å². The van der Waals surface area contributed by atoms with Gasteiger partial charge in [0, 0.05) is 23.9 Å². The second-order valence-corrected chi connectivity index (χ2v) is 5.91. The summed E-state index contributed by atoms with van der Waals surface area (Å²) in [4.78, 5) is 16.7. The lowest BCUT2D eigenvalue weighted by Crippen LogP contribution is -2.26. The van der Waals surface area contributed by atoms with Gasteiger partial charge in [0.25, 0.3) is 0 Å². The number of fused-ring (bicyclic) bond motifs is 1. The van der Waals surface area contributed by atoms with Gasteiger partial charge in [-0.05, 0) is 19.4 Å². The van der Waals surface area contributed by atoms with E-state index in [9.17, 15) is 4.79 Å². The molecule has 1 N–H and O–H groups in total. The van der Waals surface area contributed by atoms with Gasteiger partial charge in [-0.3, -0.25) is 0 Å². The van der Waals surface area contributed by atoms with Crippen LogP contribution in [-0.4, -0.2) is 33.8 Å². The van der Waals surface area contributed by atoms with Gasteiger partial charge in [0.15, 0.2) is 5.82 Å².